The summed E-state index contributed by atoms with van der Waals surface area (Å²) in [5.41, 5.74) is 4.94. The van der Waals surface area contributed by atoms with E-state index in [4.69, 9.17) is 5.26 Å². The summed E-state index contributed by atoms with van der Waals surface area (Å²) in [4.78, 5) is 4.06. The van der Waals surface area contributed by atoms with Crippen molar-refractivity contribution < 1.29 is 0 Å². The van der Waals surface area contributed by atoms with E-state index in [0.29, 0.717) is 5.69 Å². The molecular formula is C28H16N2. The largest absolute Gasteiger partial charge is 0.246 e. The summed E-state index contributed by atoms with van der Waals surface area (Å²) >= 11 is 0. The van der Waals surface area contributed by atoms with Crippen molar-refractivity contribution in [3.63, 3.8) is 0 Å². The Balaban J connectivity index is 1.53. The van der Waals surface area contributed by atoms with Gasteiger partial charge >= 0.3 is 0 Å². The fraction of sp³-hybridized carbons (Fsp3) is 0. The molecule has 6 rings (SSSR count). The van der Waals surface area contributed by atoms with Gasteiger partial charge in [-0.15, -0.1) is 0 Å². The lowest BCUT2D eigenvalue weighted by molar-refractivity contribution is 1.26. The number of benzene rings is 5. The molecule has 0 unspecified atom stereocenters. The number of aromatic nitrogens is 1. The van der Waals surface area contributed by atoms with Gasteiger partial charge in [0.1, 0.15) is 11.8 Å². The van der Waals surface area contributed by atoms with Crippen molar-refractivity contribution in [2.24, 2.45) is 0 Å². The first-order valence-electron chi connectivity index (χ1n) is 9.95. The van der Waals surface area contributed by atoms with Crippen LogP contribution in [0.1, 0.15) is 5.69 Å². The first kappa shape index (κ1) is 16.7. The number of nitrogens with zero attached hydrogens (tertiary/aromatic N) is 2. The van der Waals surface area contributed by atoms with Gasteiger partial charge in [0.05, 0.1) is 0 Å². The summed E-state index contributed by atoms with van der Waals surface area (Å²) in [5.74, 6) is 0. The van der Waals surface area contributed by atoms with Crippen molar-refractivity contribution in [1.29, 1.82) is 5.26 Å². The summed E-state index contributed by atoms with van der Waals surface area (Å²) in [5, 5.41) is 16.9. The van der Waals surface area contributed by atoms with E-state index in [1.54, 1.807) is 6.20 Å². The molecule has 30 heavy (non-hydrogen) atoms. The molecule has 0 aliphatic rings. The molecule has 0 spiro atoms. The van der Waals surface area contributed by atoms with Crippen LogP contribution >= 0.6 is 0 Å². The molecule has 0 amide bonds. The van der Waals surface area contributed by atoms with Gasteiger partial charge in [-0.3, -0.25) is 0 Å². The van der Waals surface area contributed by atoms with Crippen LogP contribution < -0.4 is 0 Å². The Morgan fingerprint density at radius 2 is 1.27 bits per heavy atom. The van der Waals surface area contributed by atoms with Crippen LogP contribution in [-0.4, -0.2) is 4.98 Å². The second-order valence-electron chi connectivity index (χ2n) is 7.59. The first-order chi connectivity index (χ1) is 14.8. The topological polar surface area (TPSA) is 36.7 Å². The number of rotatable bonds is 2. The third kappa shape index (κ3) is 2.46. The molecule has 5 aromatic carbocycles. The second kappa shape index (κ2) is 6.40. The molecule has 0 radical (unpaired) electrons. The summed E-state index contributed by atoms with van der Waals surface area (Å²) in [6, 6.07) is 34.3. The van der Waals surface area contributed by atoms with Crippen LogP contribution in [0.2, 0.25) is 0 Å². The predicted octanol–water partition coefficient (Wildman–Crippen LogP) is 7.18. The Labute approximate surface area is 174 Å². The molecule has 0 aliphatic carbocycles. The third-order valence-corrected chi connectivity index (χ3v) is 5.93. The summed E-state index contributed by atoms with van der Waals surface area (Å²) in [6.07, 6.45) is 1.68. The van der Waals surface area contributed by atoms with Gasteiger partial charge in [-0.25, -0.2) is 4.98 Å². The van der Waals surface area contributed by atoms with Gasteiger partial charge in [0.2, 0.25) is 0 Å². The van der Waals surface area contributed by atoms with Gasteiger partial charge in [0.25, 0.3) is 0 Å². The molecular weight excluding hydrogens is 364 g/mol. The van der Waals surface area contributed by atoms with Gasteiger partial charge in [-0.2, -0.15) is 5.26 Å². The Hall–Kier alpha value is -4.22. The smallest absolute Gasteiger partial charge is 0.141 e. The number of hydrogen-bond donors (Lipinski definition) is 0. The quantitative estimate of drug-likeness (QED) is 0.298. The van der Waals surface area contributed by atoms with Crippen LogP contribution in [-0.2, 0) is 0 Å². The molecule has 138 valence electrons. The third-order valence-electron chi connectivity index (χ3n) is 5.93. The van der Waals surface area contributed by atoms with Gasteiger partial charge in [0, 0.05) is 6.20 Å². The lowest BCUT2D eigenvalue weighted by Crippen LogP contribution is -1.88. The van der Waals surface area contributed by atoms with E-state index >= 15 is 0 Å². The summed E-state index contributed by atoms with van der Waals surface area (Å²) in [7, 11) is 0. The molecule has 0 aliphatic heterocycles. The van der Waals surface area contributed by atoms with Gasteiger partial charge < -0.3 is 0 Å². The van der Waals surface area contributed by atoms with E-state index < -0.39 is 0 Å². The van der Waals surface area contributed by atoms with Crippen LogP contribution in [0.3, 0.4) is 0 Å². The van der Waals surface area contributed by atoms with Crippen LogP contribution in [0.25, 0.3) is 54.6 Å². The standard InChI is InChI=1S/C28H16N2/c29-17-24-16-23(14-15-30-24)18-4-6-19(7-5-18)25-12-10-22-9-8-20-2-1-3-21-11-13-26(25)28(22)27(20)21/h1-16H. The Bertz CT molecular complexity index is 1570. The lowest BCUT2D eigenvalue weighted by atomic mass is 9.89. The average molecular weight is 380 g/mol. The number of pyridine rings is 1. The maximum Gasteiger partial charge on any atom is 0.141 e. The monoisotopic (exact) mass is 380 g/mol. The molecule has 0 saturated heterocycles. The average Bonchev–Trinajstić information content (AvgIpc) is 2.82. The zero-order valence-electron chi connectivity index (χ0n) is 16.1. The fourth-order valence-corrected chi connectivity index (χ4v) is 4.50. The minimum absolute atomic E-state index is 0.434. The molecule has 1 heterocycles. The highest BCUT2D eigenvalue weighted by Crippen LogP contribution is 2.39. The van der Waals surface area contributed by atoms with Crippen molar-refractivity contribution in [2.75, 3.05) is 0 Å². The van der Waals surface area contributed by atoms with E-state index in [1.807, 2.05) is 12.1 Å². The van der Waals surface area contributed by atoms with E-state index in [1.165, 1.54) is 43.4 Å². The van der Waals surface area contributed by atoms with Crippen LogP contribution in [0.4, 0.5) is 0 Å². The van der Waals surface area contributed by atoms with Crippen molar-refractivity contribution in [3.8, 4) is 28.3 Å². The predicted molar refractivity (Wildman–Crippen MR) is 124 cm³/mol. The molecule has 0 fully saturated rings. The van der Waals surface area contributed by atoms with E-state index in [0.717, 1.165) is 11.1 Å². The maximum atomic E-state index is 9.11. The zero-order chi connectivity index (χ0) is 20.1. The van der Waals surface area contributed by atoms with Crippen molar-refractivity contribution in [1.82, 2.24) is 4.98 Å². The highest BCUT2D eigenvalue weighted by Gasteiger charge is 2.12. The molecule has 6 aromatic rings. The van der Waals surface area contributed by atoms with Crippen LogP contribution in [0, 0.1) is 11.3 Å². The summed E-state index contributed by atoms with van der Waals surface area (Å²) in [6.45, 7) is 0. The van der Waals surface area contributed by atoms with E-state index in [2.05, 4.69) is 89.9 Å². The fourth-order valence-electron chi connectivity index (χ4n) is 4.50. The summed E-state index contributed by atoms with van der Waals surface area (Å²) < 4.78 is 0. The first-order valence-corrected chi connectivity index (χ1v) is 9.95. The zero-order valence-corrected chi connectivity index (χ0v) is 16.1. The minimum atomic E-state index is 0.434. The highest BCUT2D eigenvalue weighted by atomic mass is 14.7. The molecule has 2 heteroatoms. The molecule has 0 atom stereocenters. The van der Waals surface area contributed by atoms with Crippen molar-refractivity contribution in [3.05, 3.63) is 103 Å². The molecule has 0 saturated carbocycles. The second-order valence-corrected chi connectivity index (χ2v) is 7.59. The van der Waals surface area contributed by atoms with Gasteiger partial charge in [0.15, 0.2) is 0 Å². The number of hydrogen-bond acceptors (Lipinski definition) is 2. The maximum absolute atomic E-state index is 9.11. The number of nitriles is 1. The Kier molecular flexibility index (Phi) is 3.57. The van der Waals surface area contributed by atoms with E-state index in [9.17, 15) is 0 Å². The SMILES string of the molecule is N#Cc1cc(-c2ccc(-c3ccc4ccc5cccc6ccc3c4c56)cc2)ccn1. The van der Waals surface area contributed by atoms with Crippen molar-refractivity contribution >= 4 is 32.3 Å². The molecule has 0 N–H and O–H groups in total. The molecule has 1 aromatic heterocycles. The van der Waals surface area contributed by atoms with Crippen molar-refractivity contribution in [2.45, 2.75) is 0 Å². The molecule has 2 nitrogen and oxygen atoms in total. The lowest BCUT2D eigenvalue weighted by Gasteiger charge is -2.14. The van der Waals surface area contributed by atoms with Gasteiger partial charge in [-0.05, 0) is 66.7 Å². The van der Waals surface area contributed by atoms with E-state index in [-0.39, 0.29) is 0 Å². The minimum Gasteiger partial charge on any atom is -0.246 e. The van der Waals surface area contributed by atoms with Gasteiger partial charge in [-0.1, -0.05) is 78.9 Å². The highest BCUT2D eigenvalue weighted by molar-refractivity contribution is 6.25. The van der Waals surface area contributed by atoms with Crippen LogP contribution in [0.5, 0.6) is 0 Å². The molecule has 0 bridgehead atoms. The van der Waals surface area contributed by atoms with Crippen LogP contribution in [0.15, 0.2) is 97.2 Å². The Morgan fingerprint density at radius 3 is 2.03 bits per heavy atom. The Morgan fingerprint density at radius 1 is 0.600 bits per heavy atom. The normalized spacial score (nSPS) is 11.3.